The van der Waals surface area contributed by atoms with Crippen molar-refractivity contribution in [2.75, 3.05) is 0 Å². The molecular formula is C9H6BrClN2O. The fourth-order valence-corrected chi connectivity index (χ4v) is 1.70. The third-order valence-corrected chi connectivity index (χ3v) is 2.72. The quantitative estimate of drug-likeness (QED) is 0.867. The van der Waals surface area contributed by atoms with Crippen LogP contribution in [0.4, 0.5) is 0 Å². The number of aromatic hydroxyl groups is 1. The fourth-order valence-electron chi connectivity index (χ4n) is 1.11. The molecule has 0 aliphatic carbocycles. The topological polar surface area (TPSA) is 38.1 Å². The number of halogens is 2. The van der Waals surface area contributed by atoms with E-state index in [1.807, 2.05) is 12.1 Å². The molecule has 0 spiro atoms. The summed E-state index contributed by atoms with van der Waals surface area (Å²) in [5.74, 6) is 0.102. The number of rotatable bonds is 1. The molecule has 0 fully saturated rings. The maximum absolute atomic E-state index is 9.31. The molecule has 5 heteroatoms. The van der Waals surface area contributed by atoms with E-state index in [0.29, 0.717) is 9.63 Å². The van der Waals surface area contributed by atoms with Gasteiger partial charge >= 0.3 is 0 Å². The number of aromatic nitrogens is 2. The van der Waals surface area contributed by atoms with E-state index in [0.717, 1.165) is 5.69 Å². The van der Waals surface area contributed by atoms with Crippen LogP contribution in [0.1, 0.15) is 0 Å². The van der Waals surface area contributed by atoms with Crippen LogP contribution in [0, 0.1) is 0 Å². The Balaban J connectivity index is 2.55. The van der Waals surface area contributed by atoms with E-state index in [1.54, 1.807) is 16.8 Å². The molecule has 0 bridgehead atoms. The molecule has 1 aromatic heterocycles. The normalized spacial score (nSPS) is 10.4. The van der Waals surface area contributed by atoms with E-state index < -0.39 is 0 Å². The highest BCUT2D eigenvalue weighted by molar-refractivity contribution is 9.10. The summed E-state index contributed by atoms with van der Waals surface area (Å²) in [7, 11) is 0. The number of benzene rings is 1. The van der Waals surface area contributed by atoms with Gasteiger partial charge in [-0.05, 0) is 34.1 Å². The highest BCUT2D eigenvalue weighted by atomic mass is 79.9. The molecule has 1 heterocycles. The predicted octanol–water partition coefficient (Wildman–Crippen LogP) is 2.99. The summed E-state index contributed by atoms with van der Waals surface area (Å²) >= 11 is 9.05. The summed E-state index contributed by atoms with van der Waals surface area (Å²) in [4.78, 5) is 0. The second-order valence-corrected chi connectivity index (χ2v) is 3.90. The molecule has 2 rings (SSSR count). The zero-order valence-electron chi connectivity index (χ0n) is 6.98. The second-order valence-electron chi connectivity index (χ2n) is 2.71. The maximum Gasteiger partial charge on any atom is 0.168 e. The molecule has 0 radical (unpaired) electrons. The molecule has 0 atom stereocenters. The smallest absolute Gasteiger partial charge is 0.168 e. The van der Waals surface area contributed by atoms with E-state index in [1.165, 1.54) is 6.20 Å². The predicted molar refractivity (Wildman–Crippen MR) is 57.9 cm³/mol. The van der Waals surface area contributed by atoms with E-state index in [-0.39, 0.29) is 5.75 Å². The minimum absolute atomic E-state index is 0.102. The third kappa shape index (κ3) is 1.63. The molecule has 0 aliphatic heterocycles. The highest BCUT2D eigenvalue weighted by Crippen LogP contribution is 2.26. The van der Waals surface area contributed by atoms with Gasteiger partial charge < -0.3 is 5.11 Å². The maximum atomic E-state index is 9.31. The van der Waals surface area contributed by atoms with Crippen molar-refractivity contribution in [3.63, 3.8) is 0 Å². The summed E-state index contributed by atoms with van der Waals surface area (Å²) < 4.78 is 2.07. The van der Waals surface area contributed by atoms with Gasteiger partial charge in [0.1, 0.15) is 0 Å². The van der Waals surface area contributed by atoms with E-state index in [2.05, 4.69) is 21.0 Å². The summed E-state index contributed by atoms with van der Waals surface area (Å²) in [5, 5.41) is 13.9. The molecule has 2 aromatic rings. The van der Waals surface area contributed by atoms with Crippen molar-refractivity contribution in [2.45, 2.75) is 0 Å². The van der Waals surface area contributed by atoms with Crippen LogP contribution in [0.15, 0.2) is 35.1 Å². The Hall–Kier alpha value is -1.000. The first-order valence-electron chi connectivity index (χ1n) is 3.87. The average Bonchev–Trinajstić information content (AvgIpc) is 2.48. The van der Waals surface area contributed by atoms with Crippen LogP contribution >= 0.6 is 27.5 Å². The van der Waals surface area contributed by atoms with Crippen LogP contribution < -0.4 is 0 Å². The molecule has 0 saturated carbocycles. The SMILES string of the molecule is Oc1cnn(-c2cccc(Cl)c2)c1Br. The first-order chi connectivity index (χ1) is 6.68. The first-order valence-corrected chi connectivity index (χ1v) is 5.04. The molecule has 0 aliphatic rings. The van der Waals surface area contributed by atoms with Gasteiger partial charge in [0.15, 0.2) is 10.4 Å². The van der Waals surface area contributed by atoms with Gasteiger partial charge in [0.05, 0.1) is 11.9 Å². The highest BCUT2D eigenvalue weighted by Gasteiger charge is 2.07. The molecule has 14 heavy (non-hydrogen) atoms. The minimum atomic E-state index is 0.102. The molecule has 72 valence electrons. The Morgan fingerprint density at radius 2 is 2.21 bits per heavy atom. The van der Waals surface area contributed by atoms with Gasteiger partial charge in [-0.2, -0.15) is 5.10 Å². The summed E-state index contributed by atoms with van der Waals surface area (Å²) in [6.45, 7) is 0. The van der Waals surface area contributed by atoms with Crippen LogP contribution in [-0.4, -0.2) is 14.9 Å². The minimum Gasteiger partial charge on any atom is -0.504 e. The number of nitrogens with zero attached hydrogens (tertiary/aromatic N) is 2. The summed E-state index contributed by atoms with van der Waals surface area (Å²) in [5.41, 5.74) is 0.796. The average molecular weight is 274 g/mol. The lowest BCUT2D eigenvalue weighted by Crippen LogP contribution is -1.95. The lowest BCUT2D eigenvalue weighted by atomic mass is 10.3. The van der Waals surface area contributed by atoms with Crippen molar-refractivity contribution in [1.29, 1.82) is 0 Å². The van der Waals surface area contributed by atoms with Crippen molar-refractivity contribution in [1.82, 2.24) is 9.78 Å². The van der Waals surface area contributed by atoms with Crippen molar-refractivity contribution >= 4 is 27.5 Å². The Labute approximate surface area is 94.1 Å². The van der Waals surface area contributed by atoms with Gasteiger partial charge in [-0.25, -0.2) is 4.68 Å². The fraction of sp³-hybridized carbons (Fsp3) is 0. The lowest BCUT2D eigenvalue weighted by molar-refractivity contribution is 0.471. The summed E-state index contributed by atoms with van der Waals surface area (Å²) in [6.07, 6.45) is 1.37. The molecular weight excluding hydrogens is 267 g/mol. The van der Waals surface area contributed by atoms with Gasteiger partial charge in [-0.1, -0.05) is 17.7 Å². The van der Waals surface area contributed by atoms with Crippen LogP contribution in [0.5, 0.6) is 5.75 Å². The number of hydrogen-bond acceptors (Lipinski definition) is 2. The van der Waals surface area contributed by atoms with Crippen molar-refractivity contribution in [2.24, 2.45) is 0 Å². The number of hydrogen-bond donors (Lipinski definition) is 1. The van der Waals surface area contributed by atoms with Gasteiger partial charge in [0.2, 0.25) is 0 Å². The van der Waals surface area contributed by atoms with Crippen molar-refractivity contribution in [3.05, 3.63) is 40.1 Å². The van der Waals surface area contributed by atoms with Gasteiger partial charge in [-0.15, -0.1) is 0 Å². The lowest BCUT2D eigenvalue weighted by Gasteiger charge is -2.02. The Bertz CT molecular complexity index is 470. The van der Waals surface area contributed by atoms with Gasteiger partial charge in [0, 0.05) is 5.02 Å². The van der Waals surface area contributed by atoms with E-state index in [4.69, 9.17) is 11.6 Å². The van der Waals surface area contributed by atoms with E-state index >= 15 is 0 Å². The van der Waals surface area contributed by atoms with Crippen LogP contribution in [0.25, 0.3) is 5.69 Å². The molecule has 3 nitrogen and oxygen atoms in total. The molecule has 0 saturated heterocycles. The molecule has 0 unspecified atom stereocenters. The molecule has 0 amide bonds. The van der Waals surface area contributed by atoms with Crippen molar-refractivity contribution < 1.29 is 5.11 Å². The van der Waals surface area contributed by atoms with Crippen LogP contribution in [-0.2, 0) is 0 Å². The summed E-state index contributed by atoms with van der Waals surface area (Å²) in [6, 6.07) is 7.22. The Morgan fingerprint density at radius 3 is 2.79 bits per heavy atom. The Kier molecular flexibility index (Phi) is 2.48. The monoisotopic (exact) mass is 272 g/mol. The Morgan fingerprint density at radius 1 is 1.43 bits per heavy atom. The molecule has 1 aromatic carbocycles. The van der Waals surface area contributed by atoms with Crippen LogP contribution in [0.3, 0.4) is 0 Å². The molecule has 1 N–H and O–H groups in total. The van der Waals surface area contributed by atoms with Crippen molar-refractivity contribution in [3.8, 4) is 11.4 Å². The van der Waals surface area contributed by atoms with Crippen LogP contribution in [0.2, 0.25) is 5.02 Å². The largest absolute Gasteiger partial charge is 0.504 e. The zero-order chi connectivity index (χ0) is 10.1. The van der Waals surface area contributed by atoms with Gasteiger partial charge in [-0.3, -0.25) is 0 Å². The standard InChI is InChI=1S/C9H6BrClN2O/c10-9-8(14)5-12-13(9)7-3-1-2-6(11)4-7/h1-5,14H. The third-order valence-electron chi connectivity index (χ3n) is 1.75. The zero-order valence-corrected chi connectivity index (χ0v) is 9.33. The van der Waals surface area contributed by atoms with Gasteiger partial charge in [0.25, 0.3) is 0 Å². The first kappa shape index (κ1) is 9.55. The van der Waals surface area contributed by atoms with E-state index in [9.17, 15) is 5.11 Å². The second kappa shape index (κ2) is 3.63.